The monoisotopic (exact) mass is 309 g/mol. The molecule has 0 fully saturated rings. The maximum Gasteiger partial charge on any atom is 0.424 e. The molecule has 2 unspecified atom stereocenters. The van der Waals surface area contributed by atoms with Crippen molar-refractivity contribution in [1.82, 2.24) is 14.9 Å². The van der Waals surface area contributed by atoms with E-state index in [4.69, 9.17) is 4.74 Å². The molecular weight excluding hydrogens is 291 g/mol. The Morgan fingerprint density at radius 3 is 2.62 bits per heavy atom. The van der Waals surface area contributed by atoms with E-state index in [1.165, 1.54) is 27.3 Å². The third-order valence-electron chi connectivity index (χ3n) is 3.17. The Bertz CT molecular complexity index is 490. The Labute approximate surface area is 119 Å². The highest BCUT2D eigenvalue weighted by Gasteiger charge is 2.57. The summed E-state index contributed by atoms with van der Waals surface area (Å²) >= 11 is 0. The van der Waals surface area contributed by atoms with E-state index in [-0.39, 0.29) is 6.54 Å². The van der Waals surface area contributed by atoms with Crippen molar-refractivity contribution in [3.63, 3.8) is 0 Å². The van der Waals surface area contributed by atoms with Crippen molar-refractivity contribution in [2.24, 2.45) is 7.05 Å². The number of nitrogens with zero attached hydrogens (tertiary/aromatic N) is 2. The summed E-state index contributed by atoms with van der Waals surface area (Å²) in [4.78, 5) is 15.0. The first-order valence-corrected chi connectivity index (χ1v) is 6.21. The molecule has 0 bridgehead atoms. The second-order valence-corrected chi connectivity index (χ2v) is 4.64. The van der Waals surface area contributed by atoms with Crippen LogP contribution in [0.15, 0.2) is 12.4 Å². The maximum atomic E-state index is 13.2. The zero-order chi connectivity index (χ0) is 16.3. The van der Waals surface area contributed by atoms with E-state index in [2.05, 4.69) is 10.3 Å². The lowest BCUT2D eigenvalue weighted by Crippen LogP contribution is -2.47. The highest BCUT2D eigenvalue weighted by molar-refractivity contribution is 5.80. The van der Waals surface area contributed by atoms with Gasteiger partial charge in [0, 0.05) is 39.5 Å². The number of hydrogen-bond acceptors (Lipinski definition) is 4. The first-order valence-electron chi connectivity index (χ1n) is 6.21. The molecule has 0 aliphatic carbocycles. The number of aryl methyl sites for hydroxylation is 1. The number of aromatic nitrogens is 2. The number of methoxy groups -OCH3 is 1. The third kappa shape index (κ3) is 3.73. The first-order chi connectivity index (χ1) is 9.63. The predicted octanol–water partition coefficient (Wildman–Crippen LogP) is 0.711. The van der Waals surface area contributed by atoms with Crippen LogP contribution < -0.4 is 5.32 Å². The van der Waals surface area contributed by atoms with Crippen molar-refractivity contribution >= 4 is 5.91 Å². The van der Waals surface area contributed by atoms with Gasteiger partial charge >= 0.3 is 6.18 Å². The molecule has 1 heterocycles. The quantitative estimate of drug-likeness (QED) is 0.811. The van der Waals surface area contributed by atoms with E-state index in [1.807, 2.05) is 0 Å². The number of carbonyl (C=O) groups is 1. The Balaban J connectivity index is 2.83. The summed E-state index contributed by atoms with van der Waals surface area (Å²) in [6.07, 6.45) is -3.97. The van der Waals surface area contributed by atoms with Gasteiger partial charge in [-0.05, 0) is 6.92 Å². The smallest absolute Gasteiger partial charge is 0.374 e. The predicted molar refractivity (Wildman–Crippen MR) is 67.3 cm³/mol. The normalized spacial score (nSPS) is 16.3. The molecule has 0 aliphatic heterocycles. The molecule has 2 N–H and O–H groups in total. The molecule has 1 aromatic heterocycles. The standard InChI is InChI=1S/C12H18F3N3O3/c1-8(21-3)9(19)16-5-4-11(20,12(13,14)15)10-17-6-7-18(10)2/h6-8,20H,4-5H2,1-3H3,(H,16,19). The minimum atomic E-state index is -4.91. The average Bonchev–Trinajstić information content (AvgIpc) is 2.82. The van der Waals surface area contributed by atoms with Crippen LogP contribution in [0, 0.1) is 0 Å². The number of rotatable bonds is 6. The molecule has 0 aliphatic rings. The van der Waals surface area contributed by atoms with Crippen LogP contribution >= 0.6 is 0 Å². The number of alkyl halides is 3. The second-order valence-electron chi connectivity index (χ2n) is 4.64. The van der Waals surface area contributed by atoms with Crippen molar-refractivity contribution in [2.45, 2.75) is 31.2 Å². The lowest BCUT2D eigenvalue weighted by Gasteiger charge is -2.30. The molecular formula is C12H18F3N3O3. The molecule has 9 heteroatoms. The van der Waals surface area contributed by atoms with Gasteiger partial charge in [-0.3, -0.25) is 4.79 Å². The zero-order valence-electron chi connectivity index (χ0n) is 11.9. The second kappa shape index (κ2) is 6.44. The van der Waals surface area contributed by atoms with Gasteiger partial charge in [0.1, 0.15) is 11.9 Å². The van der Waals surface area contributed by atoms with Crippen LogP contribution in [0.4, 0.5) is 13.2 Å². The molecule has 21 heavy (non-hydrogen) atoms. The van der Waals surface area contributed by atoms with Crippen LogP contribution in [0.1, 0.15) is 19.2 Å². The molecule has 0 spiro atoms. The van der Waals surface area contributed by atoms with Gasteiger partial charge in [-0.15, -0.1) is 0 Å². The Kier molecular flexibility index (Phi) is 5.35. The highest BCUT2D eigenvalue weighted by atomic mass is 19.4. The Morgan fingerprint density at radius 2 is 2.19 bits per heavy atom. The fraction of sp³-hybridized carbons (Fsp3) is 0.667. The van der Waals surface area contributed by atoms with Gasteiger partial charge in [0.2, 0.25) is 11.5 Å². The summed E-state index contributed by atoms with van der Waals surface area (Å²) in [5.74, 6) is -1.08. The first kappa shape index (κ1) is 17.4. The largest absolute Gasteiger partial charge is 0.424 e. The van der Waals surface area contributed by atoms with E-state index in [9.17, 15) is 23.1 Å². The van der Waals surface area contributed by atoms with Crippen LogP contribution in [0.25, 0.3) is 0 Å². The molecule has 6 nitrogen and oxygen atoms in total. The SMILES string of the molecule is COC(C)C(=O)NCCC(O)(c1nccn1C)C(F)(F)F. The number of carbonyl (C=O) groups excluding carboxylic acids is 1. The van der Waals surface area contributed by atoms with Crippen molar-refractivity contribution in [2.75, 3.05) is 13.7 Å². The van der Waals surface area contributed by atoms with Gasteiger partial charge in [0.15, 0.2) is 0 Å². The van der Waals surface area contributed by atoms with Gasteiger partial charge in [0.25, 0.3) is 0 Å². The van der Waals surface area contributed by atoms with E-state index in [1.54, 1.807) is 0 Å². The summed E-state index contributed by atoms with van der Waals surface area (Å²) in [6, 6.07) is 0. The zero-order valence-corrected chi connectivity index (χ0v) is 11.9. The van der Waals surface area contributed by atoms with Crippen LogP contribution in [-0.4, -0.2) is 46.5 Å². The number of amides is 1. The molecule has 0 aromatic carbocycles. The lowest BCUT2D eigenvalue weighted by molar-refractivity contribution is -0.272. The molecule has 1 rings (SSSR count). The Hall–Kier alpha value is -1.61. The van der Waals surface area contributed by atoms with Crippen LogP contribution in [-0.2, 0) is 22.2 Å². The summed E-state index contributed by atoms with van der Waals surface area (Å²) in [6.45, 7) is 1.10. The number of halogens is 3. The van der Waals surface area contributed by atoms with Crippen LogP contribution in [0.2, 0.25) is 0 Å². The van der Waals surface area contributed by atoms with E-state index in [0.29, 0.717) is 0 Å². The summed E-state index contributed by atoms with van der Waals surface area (Å²) in [7, 11) is 2.66. The fourth-order valence-corrected chi connectivity index (χ4v) is 1.76. The summed E-state index contributed by atoms with van der Waals surface area (Å²) in [5.41, 5.74) is -3.13. The van der Waals surface area contributed by atoms with Crippen molar-refractivity contribution < 1.29 is 27.8 Å². The highest BCUT2D eigenvalue weighted by Crippen LogP contribution is 2.40. The number of nitrogens with one attached hydrogen (secondary N) is 1. The number of imidazole rings is 1. The fourth-order valence-electron chi connectivity index (χ4n) is 1.76. The molecule has 0 saturated heterocycles. The van der Waals surface area contributed by atoms with Gasteiger partial charge < -0.3 is 19.7 Å². The van der Waals surface area contributed by atoms with Crippen molar-refractivity contribution in [3.8, 4) is 0 Å². The van der Waals surface area contributed by atoms with E-state index in [0.717, 1.165) is 10.8 Å². The van der Waals surface area contributed by atoms with Gasteiger partial charge in [0.05, 0.1) is 0 Å². The summed E-state index contributed by atoms with van der Waals surface area (Å²) < 4.78 is 45.3. The molecule has 2 atom stereocenters. The average molecular weight is 309 g/mol. The van der Waals surface area contributed by atoms with E-state index < -0.39 is 36.0 Å². The topological polar surface area (TPSA) is 76.4 Å². The molecule has 0 radical (unpaired) electrons. The van der Waals surface area contributed by atoms with Crippen molar-refractivity contribution in [1.29, 1.82) is 0 Å². The van der Waals surface area contributed by atoms with Crippen molar-refractivity contribution in [3.05, 3.63) is 18.2 Å². The number of aliphatic hydroxyl groups is 1. The van der Waals surface area contributed by atoms with Crippen LogP contribution in [0.3, 0.4) is 0 Å². The van der Waals surface area contributed by atoms with E-state index >= 15 is 0 Å². The minimum Gasteiger partial charge on any atom is -0.374 e. The number of hydrogen-bond donors (Lipinski definition) is 2. The Morgan fingerprint density at radius 1 is 1.57 bits per heavy atom. The minimum absolute atomic E-state index is 0.366. The molecule has 0 saturated carbocycles. The maximum absolute atomic E-state index is 13.2. The number of ether oxygens (including phenoxy) is 1. The van der Waals surface area contributed by atoms with Gasteiger partial charge in [-0.2, -0.15) is 13.2 Å². The van der Waals surface area contributed by atoms with Gasteiger partial charge in [-0.1, -0.05) is 0 Å². The lowest BCUT2D eigenvalue weighted by atomic mass is 9.97. The summed E-state index contributed by atoms with van der Waals surface area (Å²) in [5, 5.41) is 12.3. The third-order valence-corrected chi connectivity index (χ3v) is 3.17. The molecule has 1 amide bonds. The van der Waals surface area contributed by atoms with Gasteiger partial charge in [-0.25, -0.2) is 4.98 Å². The molecule has 120 valence electrons. The van der Waals surface area contributed by atoms with Crippen LogP contribution in [0.5, 0.6) is 0 Å². The molecule has 1 aromatic rings.